The minimum absolute atomic E-state index is 0.222. The van der Waals surface area contributed by atoms with Gasteiger partial charge in [0, 0.05) is 5.69 Å². The van der Waals surface area contributed by atoms with Crippen molar-refractivity contribution >= 4 is 23.5 Å². The summed E-state index contributed by atoms with van der Waals surface area (Å²) in [4.78, 5) is 17.9. The summed E-state index contributed by atoms with van der Waals surface area (Å²) in [6.07, 6.45) is 0. The van der Waals surface area contributed by atoms with E-state index in [4.69, 9.17) is 16.7 Å². The molecule has 2 N–H and O–H groups in total. The van der Waals surface area contributed by atoms with Gasteiger partial charge < -0.3 is 10.4 Å². The molecule has 1 aromatic heterocycles. The zero-order valence-electron chi connectivity index (χ0n) is 6.91. The van der Waals surface area contributed by atoms with Crippen LogP contribution in [0.5, 0.6) is 0 Å². The van der Waals surface area contributed by atoms with E-state index >= 15 is 0 Å². The van der Waals surface area contributed by atoms with E-state index in [2.05, 4.69) is 15.3 Å². The van der Waals surface area contributed by atoms with Crippen molar-refractivity contribution in [3.63, 3.8) is 0 Å². The van der Waals surface area contributed by atoms with E-state index in [-0.39, 0.29) is 12.5 Å². The lowest BCUT2D eigenvalue weighted by Crippen LogP contribution is -2.14. The first-order chi connectivity index (χ1) is 6.08. The molecular formula is C7H8ClN3O2. The Balaban J connectivity index is 2.71. The van der Waals surface area contributed by atoms with Gasteiger partial charge in [0.1, 0.15) is 11.7 Å². The fourth-order valence-electron chi connectivity index (χ4n) is 0.764. The van der Waals surface area contributed by atoms with Crippen molar-refractivity contribution in [3.8, 4) is 0 Å². The van der Waals surface area contributed by atoms with Gasteiger partial charge in [0.05, 0.1) is 0 Å². The van der Waals surface area contributed by atoms with Crippen molar-refractivity contribution in [1.82, 2.24) is 9.97 Å². The maximum atomic E-state index is 10.2. The highest BCUT2D eigenvalue weighted by Crippen LogP contribution is 2.08. The van der Waals surface area contributed by atoms with Crippen LogP contribution in [-0.2, 0) is 4.79 Å². The van der Waals surface area contributed by atoms with Crippen LogP contribution in [0.2, 0.25) is 5.15 Å². The summed E-state index contributed by atoms with van der Waals surface area (Å²) in [5, 5.41) is 11.2. The molecule has 70 valence electrons. The summed E-state index contributed by atoms with van der Waals surface area (Å²) in [7, 11) is 0. The van der Waals surface area contributed by atoms with Gasteiger partial charge in [-0.25, -0.2) is 9.97 Å². The van der Waals surface area contributed by atoms with Gasteiger partial charge >= 0.3 is 5.97 Å². The smallest absolute Gasteiger partial charge is 0.322 e. The standard InChI is InChI=1S/C7H8ClN3O2/c1-4-2-5(8)11-7(10-4)9-3-6(12)13/h2H,3H2,1H3,(H,12,13)(H,9,10,11). The number of anilines is 1. The van der Waals surface area contributed by atoms with Gasteiger partial charge in [0.2, 0.25) is 5.95 Å². The summed E-state index contributed by atoms with van der Waals surface area (Å²) in [6.45, 7) is 1.53. The molecule has 1 rings (SSSR count). The second-order valence-corrected chi connectivity index (χ2v) is 2.79. The molecule has 13 heavy (non-hydrogen) atoms. The van der Waals surface area contributed by atoms with Gasteiger partial charge in [-0.2, -0.15) is 0 Å². The fourth-order valence-corrected chi connectivity index (χ4v) is 1.00. The van der Waals surface area contributed by atoms with Gasteiger partial charge in [0.15, 0.2) is 0 Å². The molecule has 0 aliphatic rings. The minimum atomic E-state index is -0.971. The predicted molar refractivity (Wildman–Crippen MR) is 47.9 cm³/mol. The molecule has 0 amide bonds. The van der Waals surface area contributed by atoms with Crippen molar-refractivity contribution in [1.29, 1.82) is 0 Å². The molecule has 1 aromatic rings. The van der Waals surface area contributed by atoms with E-state index in [1.165, 1.54) is 0 Å². The second kappa shape index (κ2) is 4.04. The number of aliphatic carboxylic acids is 1. The van der Waals surface area contributed by atoms with E-state index < -0.39 is 5.97 Å². The lowest BCUT2D eigenvalue weighted by Gasteiger charge is -2.02. The van der Waals surface area contributed by atoms with Crippen molar-refractivity contribution in [2.75, 3.05) is 11.9 Å². The molecule has 0 saturated carbocycles. The molecule has 0 fully saturated rings. The summed E-state index contributed by atoms with van der Waals surface area (Å²) in [5.41, 5.74) is 0.688. The van der Waals surface area contributed by atoms with Gasteiger partial charge in [-0.1, -0.05) is 11.6 Å². The molecule has 0 unspecified atom stereocenters. The Kier molecular flexibility index (Phi) is 3.02. The van der Waals surface area contributed by atoms with Crippen molar-refractivity contribution in [2.45, 2.75) is 6.92 Å². The molecule has 0 spiro atoms. The highest BCUT2D eigenvalue weighted by atomic mass is 35.5. The van der Waals surface area contributed by atoms with Crippen LogP contribution < -0.4 is 5.32 Å². The maximum absolute atomic E-state index is 10.2. The van der Waals surface area contributed by atoms with Crippen molar-refractivity contribution < 1.29 is 9.90 Å². The average molecular weight is 202 g/mol. The molecule has 0 saturated heterocycles. The maximum Gasteiger partial charge on any atom is 0.322 e. The van der Waals surface area contributed by atoms with Gasteiger partial charge in [-0.15, -0.1) is 0 Å². The normalized spacial score (nSPS) is 9.69. The number of nitrogens with zero attached hydrogens (tertiary/aromatic N) is 2. The summed E-state index contributed by atoms with van der Waals surface area (Å²) >= 11 is 5.63. The molecule has 5 nitrogen and oxygen atoms in total. The van der Waals surface area contributed by atoms with E-state index in [9.17, 15) is 4.79 Å². The molecule has 0 radical (unpaired) electrons. The molecule has 0 aliphatic carbocycles. The largest absolute Gasteiger partial charge is 0.480 e. The van der Waals surface area contributed by atoms with Crippen LogP contribution in [-0.4, -0.2) is 27.6 Å². The van der Waals surface area contributed by atoms with Crippen LogP contribution in [0.4, 0.5) is 5.95 Å². The van der Waals surface area contributed by atoms with Gasteiger partial charge in [0.25, 0.3) is 0 Å². The second-order valence-electron chi connectivity index (χ2n) is 2.40. The Labute approximate surface area is 79.8 Å². The van der Waals surface area contributed by atoms with E-state index in [1.54, 1.807) is 13.0 Å². The monoisotopic (exact) mass is 201 g/mol. The Bertz CT molecular complexity index is 309. The van der Waals surface area contributed by atoms with Crippen LogP contribution in [0.1, 0.15) is 5.69 Å². The van der Waals surface area contributed by atoms with Crippen LogP contribution in [0.25, 0.3) is 0 Å². The molecular weight excluding hydrogens is 194 g/mol. The Morgan fingerprint density at radius 3 is 2.92 bits per heavy atom. The summed E-state index contributed by atoms with van der Waals surface area (Å²) < 4.78 is 0. The van der Waals surface area contributed by atoms with Crippen molar-refractivity contribution in [3.05, 3.63) is 16.9 Å². The SMILES string of the molecule is Cc1cc(Cl)nc(NCC(=O)O)n1. The van der Waals surface area contributed by atoms with E-state index in [1.807, 2.05) is 0 Å². The molecule has 6 heteroatoms. The van der Waals surface area contributed by atoms with Gasteiger partial charge in [-0.05, 0) is 13.0 Å². The first-order valence-electron chi connectivity index (χ1n) is 3.55. The quantitative estimate of drug-likeness (QED) is 0.712. The Hall–Kier alpha value is -1.36. The fraction of sp³-hybridized carbons (Fsp3) is 0.286. The highest BCUT2D eigenvalue weighted by Gasteiger charge is 2.01. The number of rotatable bonds is 3. The topological polar surface area (TPSA) is 75.1 Å². The first kappa shape index (κ1) is 9.73. The number of halogens is 1. The first-order valence-corrected chi connectivity index (χ1v) is 3.92. The molecule has 0 aliphatic heterocycles. The zero-order valence-corrected chi connectivity index (χ0v) is 7.67. The predicted octanol–water partition coefficient (Wildman–Crippen LogP) is 0.935. The minimum Gasteiger partial charge on any atom is -0.480 e. The average Bonchev–Trinajstić information content (AvgIpc) is 1.99. The van der Waals surface area contributed by atoms with E-state index in [0.29, 0.717) is 10.8 Å². The molecule has 0 atom stereocenters. The molecule has 1 heterocycles. The molecule has 0 aromatic carbocycles. The number of hydrogen-bond acceptors (Lipinski definition) is 4. The molecule has 0 bridgehead atoms. The lowest BCUT2D eigenvalue weighted by molar-refractivity contribution is -0.134. The van der Waals surface area contributed by atoms with Crippen LogP contribution in [0, 0.1) is 6.92 Å². The number of aryl methyl sites for hydroxylation is 1. The highest BCUT2D eigenvalue weighted by molar-refractivity contribution is 6.29. The zero-order chi connectivity index (χ0) is 9.84. The van der Waals surface area contributed by atoms with E-state index in [0.717, 1.165) is 0 Å². The Morgan fingerprint density at radius 2 is 2.38 bits per heavy atom. The van der Waals surface area contributed by atoms with Gasteiger partial charge in [-0.3, -0.25) is 4.79 Å². The summed E-state index contributed by atoms with van der Waals surface area (Å²) in [6, 6.07) is 1.59. The number of nitrogens with one attached hydrogen (secondary N) is 1. The van der Waals surface area contributed by atoms with Crippen LogP contribution >= 0.6 is 11.6 Å². The number of carbonyl (C=O) groups is 1. The summed E-state index contributed by atoms with van der Waals surface area (Å²) in [5.74, 6) is -0.742. The third kappa shape index (κ3) is 3.25. The van der Waals surface area contributed by atoms with Crippen LogP contribution in [0.3, 0.4) is 0 Å². The number of carboxylic acids is 1. The number of hydrogen-bond donors (Lipinski definition) is 2. The number of aromatic nitrogens is 2. The van der Waals surface area contributed by atoms with Crippen molar-refractivity contribution in [2.24, 2.45) is 0 Å². The third-order valence-electron chi connectivity index (χ3n) is 1.22. The lowest BCUT2D eigenvalue weighted by atomic mass is 10.5. The van der Waals surface area contributed by atoms with Crippen LogP contribution in [0.15, 0.2) is 6.07 Å². The third-order valence-corrected chi connectivity index (χ3v) is 1.41. The Morgan fingerprint density at radius 1 is 1.69 bits per heavy atom. The number of carboxylic acid groups (broad SMARTS) is 1.